The molecule has 0 saturated carbocycles. The minimum atomic E-state index is -3.23. The summed E-state index contributed by atoms with van der Waals surface area (Å²) < 4.78 is 40.7. The molecule has 164 valence electrons. The first-order valence-electron chi connectivity index (χ1n) is 8.71. The number of benzene rings is 2. The van der Waals surface area contributed by atoms with Crippen LogP contribution in [0.15, 0.2) is 40.2 Å². The van der Waals surface area contributed by atoms with Gasteiger partial charge in [-0.15, -0.1) is 0 Å². The SMILES string of the molecule is CS(=O)(=O)CCn1cnc2c(F)c(Nc3ccc(Br)cc3Cl)c(/C=N/NC(N)=O)cc21. The Morgan fingerprint density at radius 1 is 1.42 bits per heavy atom. The number of hydrazone groups is 1. The van der Waals surface area contributed by atoms with Crippen molar-refractivity contribution in [3.63, 3.8) is 0 Å². The molecule has 0 radical (unpaired) electrons. The number of imidazole rings is 1. The number of carbonyl (C=O) groups is 1. The number of amides is 2. The van der Waals surface area contributed by atoms with Crippen LogP contribution in [0, 0.1) is 5.82 Å². The average molecular weight is 532 g/mol. The summed E-state index contributed by atoms with van der Waals surface area (Å²) in [5, 5.41) is 6.97. The first-order chi connectivity index (χ1) is 14.5. The van der Waals surface area contributed by atoms with Crippen molar-refractivity contribution in [3.05, 3.63) is 51.5 Å². The van der Waals surface area contributed by atoms with Gasteiger partial charge in [-0.25, -0.2) is 28.0 Å². The van der Waals surface area contributed by atoms with Gasteiger partial charge in [0.05, 0.1) is 40.2 Å². The van der Waals surface area contributed by atoms with Gasteiger partial charge in [-0.1, -0.05) is 27.5 Å². The van der Waals surface area contributed by atoms with Gasteiger partial charge in [0.1, 0.15) is 15.4 Å². The van der Waals surface area contributed by atoms with E-state index in [4.69, 9.17) is 17.3 Å². The molecule has 2 aromatic carbocycles. The van der Waals surface area contributed by atoms with Crippen LogP contribution in [0.2, 0.25) is 5.02 Å². The molecule has 0 fully saturated rings. The van der Waals surface area contributed by atoms with Gasteiger partial charge < -0.3 is 15.6 Å². The summed E-state index contributed by atoms with van der Waals surface area (Å²) in [6.07, 6.45) is 3.68. The van der Waals surface area contributed by atoms with Gasteiger partial charge in [0, 0.05) is 22.8 Å². The number of fused-ring (bicyclic) bond motifs is 1. The Kier molecular flexibility index (Phi) is 6.82. The third kappa shape index (κ3) is 5.71. The van der Waals surface area contributed by atoms with Crippen LogP contribution in [-0.2, 0) is 16.4 Å². The minimum absolute atomic E-state index is 0.0140. The van der Waals surface area contributed by atoms with Gasteiger partial charge in [-0.05, 0) is 24.3 Å². The maximum absolute atomic E-state index is 15.4. The first kappa shape index (κ1) is 23.0. The van der Waals surface area contributed by atoms with Crippen molar-refractivity contribution in [2.45, 2.75) is 6.54 Å². The molecule has 0 unspecified atom stereocenters. The molecule has 0 bridgehead atoms. The number of hydrogen-bond acceptors (Lipinski definition) is 6. The zero-order valence-electron chi connectivity index (χ0n) is 16.1. The summed E-state index contributed by atoms with van der Waals surface area (Å²) in [5.41, 5.74) is 8.14. The highest BCUT2D eigenvalue weighted by atomic mass is 79.9. The summed E-state index contributed by atoms with van der Waals surface area (Å²) in [6, 6.07) is 5.70. The van der Waals surface area contributed by atoms with Crippen molar-refractivity contribution in [1.82, 2.24) is 15.0 Å². The standard InChI is InChI=1S/C18H17BrClFN6O3S/c1-31(29,30)5-4-27-9-23-17-14(27)6-10(8-24-26-18(22)28)16(15(17)21)25-13-3-2-11(19)7-12(13)20/h2-3,6-9,25H,4-5H2,1H3,(H3,22,26,28)/b24-8+. The van der Waals surface area contributed by atoms with Crippen molar-refractivity contribution in [3.8, 4) is 0 Å². The van der Waals surface area contributed by atoms with E-state index in [0.29, 0.717) is 16.2 Å². The van der Waals surface area contributed by atoms with E-state index >= 15 is 4.39 Å². The highest BCUT2D eigenvalue weighted by Gasteiger charge is 2.18. The van der Waals surface area contributed by atoms with E-state index in [1.54, 1.807) is 24.3 Å². The minimum Gasteiger partial charge on any atom is -0.351 e. The van der Waals surface area contributed by atoms with Gasteiger partial charge in [-0.3, -0.25) is 0 Å². The maximum Gasteiger partial charge on any atom is 0.332 e. The average Bonchev–Trinajstić information content (AvgIpc) is 3.07. The molecule has 0 spiro atoms. The Balaban J connectivity index is 2.11. The normalized spacial score (nSPS) is 11.9. The number of halogens is 3. The van der Waals surface area contributed by atoms with E-state index in [1.165, 1.54) is 17.1 Å². The van der Waals surface area contributed by atoms with E-state index < -0.39 is 21.7 Å². The second-order valence-corrected chi connectivity index (χ2v) is 10.2. The number of nitrogens with two attached hydrogens (primary N) is 1. The quantitative estimate of drug-likeness (QED) is 0.318. The topological polar surface area (TPSA) is 131 Å². The number of hydrogen-bond donors (Lipinski definition) is 3. The molecule has 2 amide bonds. The van der Waals surface area contributed by atoms with Crippen molar-refractivity contribution < 1.29 is 17.6 Å². The Morgan fingerprint density at radius 3 is 2.81 bits per heavy atom. The Bertz CT molecular complexity index is 1300. The Hall–Kier alpha value is -2.70. The van der Waals surface area contributed by atoms with Gasteiger partial charge in [-0.2, -0.15) is 5.10 Å². The number of primary amides is 1. The lowest BCUT2D eigenvalue weighted by Crippen LogP contribution is -2.24. The largest absolute Gasteiger partial charge is 0.351 e. The lowest BCUT2D eigenvalue weighted by Gasteiger charge is -2.14. The van der Waals surface area contributed by atoms with Gasteiger partial charge in [0.15, 0.2) is 5.82 Å². The molecule has 0 aliphatic carbocycles. The zero-order chi connectivity index (χ0) is 22.8. The van der Waals surface area contributed by atoms with E-state index in [-0.39, 0.29) is 29.1 Å². The molecule has 31 heavy (non-hydrogen) atoms. The molecule has 3 aromatic rings. The van der Waals surface area contributed by atoms with E-state index in [2.05, 4.69) is 31.3 Å². The predicted molar refractivity (Wildman–Crippen MR) is 122 cm³/mol. The second-order valence-electron chi connectivity index (χ2n) is 6.57. The van der Waals surface area contributed by atoms with Crippen molar-refractivity contribution in [1.29, 1.82) is 0 Å². The van der Waals surface area contributed by atoms with E-state index in [9.17, 15) is 13.2 Å². The monoisotopic (exact) mass is 530 g/mol. The van der Waals surface area contributed by atoms with Crippen LogP contribution in [0.1, 0.15) is 5.56 Å². The lowest BCUT2D eigenvalue weighted by molar-refractivity contribution is 0.249. The predicted octanol–water partition coefficient (Wildman–Crippen LogP) is 3.38. The van der Waals surface area contributed by atoms with Crippen LogP contribution < -0.4 is 16.5 Å². The van der Waals surface area contributed by atoms with Crippen LogP contribution >= 0.6 is 27.5 Å². The summed E-state index contributed by atoms with van der Waals surface area (Å²) in [4.78, 5) is 15.0. The van der Waals surface area contributed by atoms with Gasteiger partial charge >= 0.3 is 6.03 Å². The molecular formula is C18H17BrClFN6O3S. The molecule has 0 aliphatic heterocycles. The smallest absolute Gasteiger partial charge is 0.332 e. The molecule has 4 N–H and O–H groups in total. The molecule has 0 aliphatic rings. The highest BCUT2D eigenvalue weighted by molar-refractivity contribution is 9.10. The zero-order valence-corrected chi connectivity index (χ0v) is 19.2. The van der Waals surface area contributed by atoms with Crippen LogP contribution in [0.4, 0.5) is 20.6 Å². The van der Waals surface area contributed by atoms with Crippen LogP contribution in [0.25, 0.3) is 11.0 Å². The molecular weight excluding hydrogens is 515 g/mol. The third-order valence-electron chi connectivity index (χ3n) is 4.16. The molecule has 1 aromatic heterocycles. The Morgan fingerprint density at radius 2 is 2.16 bits per heavy atom. The Labute approximate surface area is 190 Å². The molecule has 13 heteroatoms. The first-order valence-corrected chi connectivity index (χ1v) is 11.9. The number of nitrogens with one attached hydrogen (secondary N) is 2. The van der Waals surface area contributed by atoms with E-state index in [1.807, 2.05) is 5.43 Å². The van der Waals surface area contributed by atoms with Crippen LogP contribution in [0.5, 0.6) is 0 Å². The molecule has 0 saturated heterocycles. The van der Waals surface area contributed by atoms with E-state index in [0.717, 1.165) is 10.7 Å². The molecule has 1 heterocycles. The number of urea groups is 1. The molecule has 3 rings (SSSR count). The van der Waals surface area contributed by atoms with Crippen LogP contribution in [-0.4, -0.2) is 42.2 Å². The molecule has 9 nitrogen and oxygen atoms in total. The van der Waals surface area contributed by atoms with Crippen LogP contribution in [0.3, 0.4) is 0 Å². The van der Waals surface area contributed by atoms with Gasteiger partial charge in [0.2, 0.25) is 0 Å². The number of sulfone groups is 1. The number of carbonyl (C=O) groups excluding carboxylic acids is 1. The lowest BCUT2D eigenvalue weighted by atomic mass is 10.1. The summed E-state index contributed by atoms with van der Waals surface area (Å²) in [7, 11) is -3.23. The highest BCUT2D eigenvalue weighted by Crippen LogP contribution is 2.33. The molecule has 0 atom stereocenters. The van der Waals surface area contributed by atoms with Gasteiger partial charge in [0.25, 0.3) is 0 Å². The maximum atomic E-state index is 15.4. The van der Waals surface area contributed by atoms with Crippen molar-refractivity contribution >= 4 is 72.0 Å². The van der Waals surface area contributed by atoms with Crippen molar-refractivity contribution in [2.75, 3.05) is 17.3 Å². The second kappa shape index (κ2) is 9.20. The summed E-state index contributed by atoms with van der Waals surface area (Å²) >= 11 is 9.54. The fourth-order valence-corrected chi connectivity index (χ4v) is 3.99. The van der Waals surface area contributed by atoms with Crippen molar-refractivity contribution in [2.24, 2.45) is 10.8 Å². The number of aryl methyl sites for hydroxylation is 1. The number of rotatable bonds is 7. The summed E-state index contributed by atoms with van der Waals surface area (Å²) in [5.74, 6) is -0.837. The number of aromatic nitrogens is 2. The number of anilines is 2. The number of nitrogens with zero attached hydrogens (tertiary/aromatic N) is 3. The third-order valence-corrected chi connectivity index (χ3v) is 5.89. The fraction of sp³-hybridized carbons (Fsp3) is 0.167. The fourth-order valence-electron chi connectivity index (χ4n) is 2.74. The summed E-state index contributed by atoms with van der Waals surface area (Å²) in [6.45, 7) is 0.0935.